The maximum Gasteiger partial charge on any atom is 0.222 e. The molecule has 3 rings (SSSR count). The molecular formula is C20H23ClN4O3S. The fraction of sp³-hybridized carbons (Fsp3) is 0.400. The standard InChI is InChI=1S/C20H23ClN4O3S/c1-25(2)18(27)5-4-17(26)23-11-14-9-13-8-12(10-15(21)19(13)28-14)16-6-7-22-20(24-16)29-3/h6-8,10,14H,4-5,9,11H2,1-3H3,(H,23,26)/t14-/m1/s1. The van der Waals surface area contributed by atoms with E-state index < -0.39 is 0 Å². The third-order valence-electron chi connectivity index (χ3n) is 4.56. The van der Waals surface area contributed by atoms with E-state index in [1.165, 1.54) is 16.7 Å². The molecule has 0 spiro atoms. The predicted octanol–water partition coefficient (Wildman–Crippen LogP) is 2.81. The number of aromatic nitrogens is 2. The van der Waals surface area contributed by atoms with Crippen molar-refractivity contribution >= 4 is 35.2 Å². The van der Waals surface area contributed by atoms with E-state index in [1.807, 2.05) is 24.5 Å². The molecule has 2 amide bonds. The summed E-state index contributed by atoms with van der Waals surface area (Å²) in [4.78, 5) is 33.8. The van der Waals surface area contributed by atoms with Gasteiger partial charge in [-0.1, -0.05) is 23.4 Å². The van der Waals surface area contributed by atoms with Crippen LogP contribution in [0.3, 0.4) is 0 Å². The number of ether oxygens (including phenoxy) is 1. The number of carbonyl (C=O) groups is 2. The molecule has 9 heteroatoms. The van der Waals surface area contributed by atoms with Crippen LogP contribution in [0.2, 0.25) is 5.02 Å². The molecule has 0 unspecified atom stereocenters. The summed E-state index contributed by atoms with van der Waals surface area (Å²) in [6.07, 6.45) is 4.45. The van der Waals surface area contributed by atoms with Gasteiger partial charge in [-0.3, -0.25) is 9.59 Å². The molecule has 1 aromatic heterocycles. The number of hydrogen-bond acceptors (Lipinski definition) is 6. The minimum Gasteiger partial charge on any atom is -0.486 e. The maximum absolute atomic E-state index is 12.0. The molecule has 0 bridgehead atoms. The minimum atomic E-state index is -0.196. The van der Waals surface area contributed by atoms with E-state index in [2.05, 4.69) is 15.3 Å². The Morgan fingerprint density at radius 1 is 1.34 bits per heavy atom. The van der Waals surface area contributed by atoms with Crippen molar-refractivity contribution in [2.75, 3.05) is 26.9 Å². The molecule has 1 aromatic carbocycles. The molecule has 0 radical (unpaired) electrons. The average molecular weight is 435 g/mol. The van der Waals surface area contributed by atoms with Crippen LogP contribution in [-0.4, -0.2) is 59.7 Å². The van der Waals surface area contributed by atoms with Crippen molar-refractivity contribution in [1.29, 1.82) is 0 Å². The van der Waals surface area contributed by atoms with Gasteiger partial charge in [0.25, 0.3) is 0 Å². The molecule has 0 saturated heterocycles. The van der Waals surface area contributed by atoms with Crippen LogP contribution in [0.1, 0.15) is 18.4 Å². The van der Waals surface area contributed by atoms with Crippen LogP contribution in [-0.2, 0) is 16.0 Å². The van der Waals surface area contributed by atoms with Crippen LogP contribution in [0, 0.1) is 0 Å². The van der Waals surface area contributed by atoms with Crippen LogP contribution >= 0.6 is 23.4 Å². The quantitative estimate of drug-likeness (QED) is 0.532. The second-order valence-corrected chi connectivity index (χ2v) is 8.09. The number of hydrogen-bond donors (Lipinski definition) is 1. The highest BCUT2D eigenvalue weighted by Gasteiger charge is 2.26. The van der Waals surface area contributed by atoms with Crippen molar-refractivity contribution in [1.82, 2.24) is 20.2 Å². The topological polar surface area (TPSA) is 84.4 Å². The molecule has 1 aliphatic heterocycles. The third-order valence-corrected chi connectivity index (χ3v) is 5.40. The van der Waals surface area contributed by atoms with Crippen molar-refractivity contribution in [3.05, 3.63) is 35.0 Å². The highest BCUT2D eigenvalue weighted by molar-refractivity contribution is 7.98. The Balaban J connectivity index is 1.61. The Bertz CT molecular complexity index is 923. The first kappa shape index (κ1) is 21.4. The van der Waals surface area contributed by atoms with Gasteiger partial charge in [0, 0.05) is 50.7 Å². The van der Waals surface area contributed by atoms with E-state index in [0.29, 0.717) is 28.9 Å². The average Bonchev–Trinajstić information content (AvgIpc) is 3.14. The van der Waals surface area contributed by atoms with Gasteiger partial charge in [-0.2, -0.15) is 0 Å². The summed E-state index contributed by atoms with van der Waals surface area (Å²) in [6.45, 7) is 0.361. The van der Waals surface area contributed by atoms with Crippen LogP contribution in [0.5, 0.6) is 5.75 Å². The summed E-state index contributed by atoms with van der Waals surface area (Å²) < 4.78 is 5.93. The largest absolute Gasteiger partial charge is 0.486 e. The number of nitrogens with zero attached hydrogens (tertiary/aromatic N) is 3. The summed E-state index contributed by atoms with van der Waals surface area (Å²) >= 11 is 7.92. The SMILES string of the molecule is CSc1nccc(-c2cc(Cl)c3c(c2)C[C@H](CNC(=O)CCC(=O)N(C)C)O3)n1. The number of thioether (sulfide) groups is 1. The number of rotatable bonds is 7. The van der Waals surface area contributed by atoms with Crippen LogP contribution in [0.4, 0.5) is 0 Å². The Hall–Kier alpha value is -2.32. The molecular weight excluding hydrogens is 412 g/mol. The summed E-state index contributed by atoms with van der Waals surface area (Å²) in [5, 5.41) is 4.05. The number of fused-ring (bicyclic) bond motifs is 1. The van der Waals surface area contributed by atoms with Gasteiger partial charge in [0.1, 0.15) is 11.9 Å². The van der Waals surface area contributed by atoms with Gasteiger partial charge in [0.05, 0.1) is 17.3 Å². The van der Waals surface area contributed by atoms with Crippen molar-refractivity contribution in [2.24, 2.45) is 0 Å². The molecule has 1 aliphatic rings. The van der Waals surface area contributed by atoms with Gasteiger partial charge in [0.2, 0.25) is 11.8 Å². The zero-order valence-electron chi connectivity index (χ0n) is 16.6. The lowest BCUT2D eigenvalue weighted by molar-refractivity contribution is -0.131. The Morgan fingerprint density at radius 2 is 2.14 bits per heavy atom. The van der Waals surface area contributed by atoms with Gasteiger partial charge in [-0.05, 0) is 24.5 Å². The van der Waals surface area contributed by atoms with Gasteiger partial charge in [0.15, 0.2) is 5.16 Å². The van der Waals surface area contributed by atoms with Gasteiger partial charge < -0.3 is 15.0 Å². The summed E-state index contributed by atoms with van der Waals surface area (Å²) in [7, 11) is 3.34. The lowest BCUT2D eigenvalue weighted by atomic mass is 10.0. The Kier molecular flexibility index (Phi) is 6.97. The second-order valence-electron chi connectivity index (χ2n) is 6.91. The van der Waals surface area contributed by atoms with E-state index >= 15 is 0 Å². The number of carbonyl (C=O) groups excluding carboxylic acids is 2. The fourth-order valence-corrected chi connectivity index (χ4v) is 3.65. The second kappa shape index (κ2) is 9.45. The van der Waals surface area contributed by atoms with Gasteiger partial charge >= 0.3 is 0 Å². The molecule has 0 saturated carbocycles. The highest BCUT2D eigenvalue weighted by Crippen LogP contribution is 2.39. The Morgan fingerprint density at radius 3 is 2.86 bits per heavy atom. The van der Waals surface area contributed by atoms with Crippen molar-refractivity contribution in [2.45, 2.75) is 30.5 Å². The molecule has 2 aromatic rings. The summed E-state index contributed by atoms with van der Waals surface area (Å²) in [6, 6.07) is 5.70. The van der Waals surface area contributed by atoms with E-state index in [9.17, 15) is 9.59 Å². The van der Waals surface area contributed by atoms with Gasteiger partial charge in [-0.15, -0.1) is 0 Å². The van der Waals surface area contributed by atoms with Crippen LogP contribution in [0.15, 0.2) is 29.6 Å². The summed E-state index contributed by atoms with van der Waals surface area (Å²) in [5.74, 6) is 0.409. The molecule has 154 valence electrons. The molecule has 0 aliphatic carbocycles. The lowest BCUT2D eigenvalue weighted by Crippen LogP contribution is -2.35. The molecule has 29 heavy (non-hydrogen) atoms. The van der Waals surface area contributed by atoms with E-state index in [4.69, 9.17) is 16.3 Å². The first-order chi connectivity index (χ1) is 13.9. The fourth-order valence-electron chi connectivity index (χ4n) is 3.01. The maximum atomic E-state index is 12.0. The number of benzene rings is 1. The molecule has 1 atom stereocenters. The van der Waals surface area contributed by atoms with Crippen LogP contribution in [0.25, 0.3) is 11.3 Å². The summed E-state index contributed by atoms with van der Waals surface area (Å²) in [5.41, 5.74) is 2.69. The molecule has 1 N–H and O–H groups in total. The molecule has 2 heterocycles. The van der Waals surface area contributed by atoms with Crippen molar-refractivity contribution < 1.29 is 14.3 Å². The van der Waals surface area contributed by atoms with E-state index in [-0.39, 0.29) is 30.8 Å². The third kappa shape index (κ3) is 5.39. The predicted molar refractivity (Wildman–Crippen MR) is 113 cm³/mol. The lowest BCUT2D eigenvalue weighted by Gasteiger charge is -2.13. The smallest absolute Gasteiger partial charge is 0.222 e. The zero-order chi connectivity index (χ0) is 21.0. The minimum absolute atomic E-state index is 0.0710. The normalized spacial score (nSPS) is 14.8. The van der Waals surface area contributed by atoms with E-state index in [0.717, 1.165) is 16.8 Å². The molecule has 0 fully saturated rings. The number of amides is 2. The number of halogens is 1. The zero-order valence-corrected chi connectivity index (χ0v) is 18.1. The van der Waals surface area contributed by atoms with Crippen molar-refractivity contribution in [3.63, 3.8) is 0 Å². The first-order valence-electron chi connectivity index (χ1n) is 9.20. The van der Waals surface area contributed by atoms with Crippen LogP contribution < -0.4 is 10.1 Å². The van der Waals surface area contributed by atoms with E-state index in [1.54, 1.807) is 20.3 Å². The van der Waals surface area contributed by atoms with Crippen molar-refractivity contribution in [3.8, 4) is 17.0 Å². The Labute approximate surface area is 179 Å². The highest BCUT2D eigenvalue weighted by atomic mass is 35.5. The monoisotopic (exact) mass is 434 g/mol. The first-order valence-corrected chi connectivity index (χ1v) is 10.8. The number of nitrogens with one attached hydrogen (secondary N) is 1. The van der Waals surface area contributed by atoms with Gasteiger partial charge in [-0.25, -0.2) is 9.97 Å². The molecule has 7 nitrogen and oxygen atoms in total.